The number of fused-ring (bicyclic) bond motifs is 1. The molecule has 2 aromatic carbocycles. The van der Waals surface area contributed by atoms with E-state index in [1.54, 1.807) is 13.3 Å². The van der Waals surface area contributed by atoms with Gasteiger partial charge in [0.2, 0.25) is 0 Å². The Hall–Kier alpha value is -3.22. The van der Waals surface area contributed by atoms with Crippen molar-refractivity contribution in [3.05, 3.63) is 78.1 Å². The monoisotopic (exact) mass is 430 g/mol. The third-order valence-electron chi connectivity index (χ3n) is 5.40. The van der Waals surface area contributed by atoms with Crippen molar-refractivity contribution in [3.8, 4) is 16.9 Å². The molecular formula is C26H30N4O2. The summed E-state index contributed by atoms with van der Waals surface area (Å²) < 4.78 is 10.9. The highest BCUT2D eigenvalue weighted by Crippen LogP contribution is 2.37. The Morgan fingerprint density at radius 1 is 1.00 bits per heavy atom. The number of nitrogens with one attached hydrogen (secondary N) is 1. The van der Waals surface area contributed by atoms with E-state index in [4.69, 9.17) is 14.5 Å². The Morgan fingerprint density at radius 2 is 1.81 bits per heavy atom. The molecule has 0 radical (unpaired) electrons. The average Bonchev–Trinajstić information content (AvgIpc) is 2.81. The highest BCUT2D eigenvalue weighted by molar-refractivity contribution is 6.01. The fourth-order valence-electron chi connectivity index (χ4n) is 3.87. The Kier molecular flexibility index (Phi) is 6.83. The van der Waals surface area contributed by atoms with Gasteiger partial charge in [0.25, 0.3) is 0 Å². The van der Waals surface area contributed by atoms with Crippen molar-refractivity contribution in [2.24, 2.45) is 4.99 Å². The first-order chi connectivity index (χ1) is 15.6. The van der Waals surface area contributed by atoms with E-state index in [9.17, 15) is 0 Å². The van der Waals surface area contributed by atoms with Crippen LogP contribution in [0.2, 0.25) is 0 Å². The van der Waals surface area contributed by atoms with Gasteiger partial charge in [0.15, 0.2) is 0 Å². The van der Waals surface area contributed by atoms with Crippen LogP contribution in [0.25, 0.3) is 11.1 Å². The molecule has 0 bridgehead atoms. The molecule has 1 atom stereocenters. The maximum Gasteiger partial charge on any atom is 0.139 e. The van der Waals surface area contributed by atoms with Gasteiger partial charge in [-0.05, 0) is 61.4 Å². The fourth-order valence-corrected chi connectivity index (χ4v) is 3.87. The van der Waals surface area contributed by atoms with Crippen molar-refractivity contribution < 1.29 is 9.47 Å². The highest BCUT2D eigenvalue weighted by Gasteiger charge is 2.29. The van der Waals surface area contributed by atoms with E-state index in [2.05, 4.69) is 66.4 Å². The first kappa shape index (κ1) is 22.0. The van der Waals surface area contributed by atoms with Gasteiger partial charge in [0.05, 0.1) is 12.3 Å². The van der Waals surface area contributed by atoms with E-state index in [1.165, 1.54) is 0 Å². The topological polar surface area (TPSA) is 59.0 Å². The van der Waals surface area contributed by atoms with Crippen LogP contribution in [0.4, 0.5) is 5.69 Å². The summed E-state index contributed by atoms with van der Waals surface area (Å²) >= 11 is 0. The van der Waals surface area contributed by atoms with Gasteiger partial charge in [-0.15, -0.1) is 0 Å². The summed E-state index contributed by atoms with van der Waals surface area (Å²) in [5.41, 5.74) is 5.36. The molecule has 0 amide bonds. The molecule has 0 fully saturated rings. The van der Waals surface area contributed by atoms with E-state index in [-0.39, 0.29) is 6.17 Å². The third kappa shape index (κ3) is 4.82. The van der Waals surface area contributed by atoms with Crippen LogP contribution in [-0.4, -0.2) is 49.1 Å². The zero-order chi connectivity index (χ0) is 22.5. The van der Waals surface area contributed by atoms with Crippen molar-refractivity contribution in [1.29, 1.82) is 0 Å². The van der Waals surface area contributed by atoms with Crippen LogP contribution in [0, 0.1) is 0 Å². The summed E-state index contributed by atoms with van der Waals surface area (Å²) in [6.45, 7) is 5.41. The van der Waals surface area contributed by atoms with Gasteiger partial charge < -0.3 is 14.4 Å². The molecule has 1 aromatic heterocycles. The molecule has 0 spiro atoms. The van der Waals surface area contributed by atoms with Gasteiger partial charge in [-0.1, -0.05) is 18.2 Å². The smallest absolute Gasteiger partial charge is 0.139 e. The van der Waals surface area contributed by atoms with E-state index in [0.717, 1.165) is 39.5 Å². The first-order valence-electron chi connectivity index (χ1n) is 10.9. The lowest BCUT2D eigenvalue weighted by Gasteiger charge is -2.37. The summed E-state index contributed by atoms with van der Waals surface area (Å²) in [5, 5.41) is 3.70. The number of hydrogen-bond acceptors (Lipinski definition) is 6. The molecule has 1 aliphatic heterocycles. The van der Waals surface area contributed by atoms with E-state index < -0.39 is 0 Å². The molecule has 6 nitrogen and oxygen atoms in total. The largest absolute Gasteiger partial charge is 0.491 e. The van der Waals surface area contributed by atoms with Crippen LogP contribution in [0.3, 0.4) is 0 Å². The van der Waals surface area contributed by atoms with Gasteiger partial charge >= 0.3 is 0 Å². The number of amidine groups is 1. The Morgan fingerprint density at radius 3 is 2.56 bits per heavy atom. The van der Waals surface area contributed by atoms with E-state index in [1.807, 2.05) is 30.5 Å². The van der Waals surface area contributed by atoms with Gasteiger partial charge in [-0.3, -0.25) is 10.3 Å². The fraction of sp³-hybridized carbons (Fsp3) is 0.308. The molecule has 0 saturated carbocycles. The SMILES string of the molecule is COCCOc1cccc(-c2ccc3c(c2)C(NC(C)C)N(C)C(c2cccnc2)=N3)c1. The average molecular weight is 431 g/mol. The van der Waals surface area contributed by atoms with Crippen molar-refractivity contribution in [2.75, 3.05) is 27.4 Å². The lowest BCUT2D eigenvalue weighted by molar-refractivity contribution is 0.146. The minimum Gasteiger partial charge on any atom is -0.491 e. The van der Waals surface area contributed by atoms with Crippen molar-refractivity contribution >= 4 is 11.5 Å². The van der Waals surface area contributed by atoms with Gasteiger partial charge in [-0.25, -0.2) is 4.99 Å². The predicted octanol–water partition coefficient (Wildman–Crippen LogP) is 4.79. The predicted molar refractivity (Wildman–Crippen MR) is 128 cm³/mol. The number of hydrogen-bond donors (Lipinski definition) is 1. The van der Waals surface area contributed by atoms with Gasteiger partial charge in [-0.2, -0.15) is 0 Å². The summed E-state index contributed by atoms with van der Waals surface area (Å²) in [4.78, 5) is 11.4. The number of benzene rings is 2. The first-order valence-corrected chi connectivity index (χ1v) is 10.9. The van der Waals surface area contributed by atoms with Crippen LogP contribution >= 0.6 is 0 Å². The van der Waals surface area contributed by atoms with Crippen molar-refractivity contribution in [1.82, 2.24) is 15.2 Å². The van der Waals surface area contributed by atoms with Crippen LogP contribution in [0.5, 0.6) is 5.75 Å². The van der Waals surface area contributed by atoms with E-state index >= 15 is 0 Å². The van der Waals surface area contributed by atoms with Crippen LogP contribution < -0.4 is 10.1 Å². The van der Waals surface area contributed by atoms with Crippen LogP contribution in [0.15, 0.2) is 72.0 Å². The summed E-state index contributed by atoms with van der Waals surface area (Å²) in [5.74, 6) is 1.74. The molecule has 0 aliphatic carbocycles. The molecule has 0 saturated heterocycles. The minimum atomic E-state index is -0.00112. The van der Waals surface area contributed by atoms with Crippen molar-refractivity contribution in [2.45, 2.75) is 26.1 Å². The van der Waals surface area contributed by atoms with Crippen LogP contribution in [-0.2, 0) is 4.74 Å². The Balaban J connectivity index is 1.72. The Labute approximate surface area is 189 Å². The minimum absolute atomic E-state index is 0.00112. The third-order valence-corrected chi connectivity index (χ3v) is 5.40. The van der Waals surface area contributed by atoms with Gasteiger partial charge in [0.1, 0.15) is 24.4 Å². The number of nitrogens with zero attached hydrogens (tertiary/aromatic N) is 3. The maximum atomic E-state index is 5.80. The zero-order valence-corrected chi connectivity index (χ0v) is 19.1. The number of aromatic nitrogens is 1. The normalized spacial score (nSPS) is 15.5. The van der Waals surface area contributed by atoms with Crippen LogP contribution in [0.1, 0.15) is 31.1 Å². The molecule has 1 aliphatic rings. The number of ether oxygens (including phenoxy) is 2. The molecule has 32 heavy (non-hydrogen) atoms. The summed E-state index contributed by atoms with van der Waals surface area (Å²) in [6.07, 6.45) is 3.64. The quantitative estimate of drug-likeness (QED) is 0.521. The summed E-state index contributed by atoms with van der Waals surface area (Å²) in [7, 11) is 3.75. The second-order valence-corrected chi connectivity index (χ2v) is 8.15. The standard InChI is InChI=1S/C26H30N4O2/c1-18(2)28-26-23-16-20(19-7-5-9-22(15-19)32-14-13-31-4)10-11-24(23)29-25(30(26)3)21-8-6-12-27-17-21/h5-12,15-18,26,28H,13-14H2,1-4H3. The molecule has 3 aromatic rings. The summed E-state index contributed by atoms with van der Waals surface area (Å²) in [6, 6.07) is 18.9. The number of rotatable bonds is 8. The number of methoxy groups -OCH3 is 1. The maximum absolute atomic E-state index is 5.80. The molecule has 166 valence electrons. The van der Waals surface area contributed by atoms with Gasteiger partial charge in [0, 0.05) is 43.7 Å². The zero-order valence-electron chi connectivity index (χ0n) is 19.1. The molecule has 1 N–H and O–H groups in total. The lowest BCUT2D eigenvalue weighted by atomic mass is 9.98. The second-order valence-electron chi connectivity index (χ2n) is 8.15. The second kappa shape index (κ2) is 9.94. The molecular weight excluding hydrogens is 400 g/mol. The molecule has 6 heteroatoms. The number of pyridine rings is 1. The number of aliphatic imine (C=N–C) groups is 1. The van der Waals surface area contributed by atoms with Crippen molar-refractivity contribution in [3.63, 3.8) is 0 Å². The van der Waals surface area contributed by atoms with E-state index in [0.29, 0.717) is 19.3 Å². The lowest BCUT2D eigenvalue weighted by Crippen LogP contribution is -2.44. The molecule has 1 unspecified atom stereocenters. The molecule has 2 heterocycles. The Bertz CT molecular complexity index is 1080. The highest BCUT2D eigenvalue weighted by atomic mass is 16.5. The molecule has 4 rings (SSSR count).